The molecule has 0 atom stereocenters. The standard InChI is InChI=1S/C15H16N4O4S/c1-22-13-4-2-12(3-5-13)15-18-14(19-23-15)10-24(20,21)7-6-11-8-16-17-9-11/h2-5,8-9H,6-7,10H2,1H3,(H,16,17). The Balaban J connectivity index is 1.66. The van der Waals surface area contributed by atoms with Crippen molar-refractivity contribution in [2.24, 2.45) is 0 Å². The lowest BCUT2D eigenvalue weighted by molar-refractivity contribution is 0.414. The molecule has 0 saturated carbocycles. The molecular weight excluding hydrogens is 332 g/mol. The number of aryl methyl sites for hydroxylation is 1. The SMILES string of the molecule is COc1ccc(-c2nc(CS(=O)(=O)CCc3cn[nH]c3)no2)cc1. The smallest absolute Gasteiger partial charge is 0.257 e. The molecule has 0 saturated heterocycles. The van der Waals surface area contributed by atoms with Crippen LogP contribution >= 0.6 is 0 Å². The van der Waals surface area contributed by atoms with Crippen LogP contribution in [-0.4, -0.2) is 41.6 Å². The zero-order valence-corrected chi connectivity index (χ0v) is 13.8. The molecule has 126 valence electrons. The van der Waals surface area contributed by atoms with E-state index in [1.807, 2.05) is 0 Å². The van der Waals surface area contributed by atoms with Gasteiger partial charge in [-0.25, -0.2) is 8.42 Å². The van der Waals surface area contributed by atoms with Gasteiger partial charge in [0.05, 0.1) is 19.1 Å². The first-order valence-corrected chi connectivity index (χ1v) is 9.03. The fraction of sp³-hybridized carbons (Fsp3) is 0.267. The fourth-order valence-electron chi connectivity index (χ4n) is 2.12. The first kappa shape index (κ1) is 16.2. The lowest BCUT2D eigenvalue weighted by atomic mass is 10.2. The Morgan fingerprint density at radius 2 is 2.04 bits per heavy atom. The van der Waals surface area contributed by atoms with Gasteiger partial charge in [-0.05, 0) is 36.2 Å². The summed E-state index contributed by atoms with van der Waals surface area (Å²) in [5.74, 6) is 0.870. The molecule has 3 rings (SSSR count). The van der Waals surface area contributed by atoms with Crippen molar-refractivity contribution in [1.82, 2.24) is 20.3 Å². The highest BCUT2D eigenvalue weighted by Crippen LogP contribution is 2.21. The fourth-order valence-corrected chi connectivity index (χ4v) is 3.32. The first-order chi connectivity index (χ1) is 11.6. The van der Waals surface area contributed by atoms with E-state index in [1.54, 1.807) is 43.8 Å². The van der Waals surface area contributed by atoms with Crippen molar-refractivity contribution in [1.29, 1.82) is 0 Å². The summed E-state index contributed by atoms with van der Waals surface area (Å²) in [5, 5.41) is 10.2. The van der Waals surface area contributed by atoms with Crippen molar-refractivity contribution in [2.45, 2.75) is 12.2 Å². The number of methoxy groups -OCH3 is 1. The summed E-state index contributed by atoms with van der Waals surface area (Å²) in [5.41, 5.74) is 1.54. The highest BCUT2D eigenvalue weighted by Gasteiger charge is 2.18. The van der Waals surface area contributed by atoms with Gasteiger partial charge in [0.1, 0.15) is 11.5 Å². The van der Waals surface area contributed by atoms with Crippen LogP contribution in [0.2, 0.25) is 0 Å². The van der Waals surface area contributed by atoms with Gasteiger partial charge in [-0.3, -0.25) is 5.10 Å². The average molecular weight is 348 g/mol. The number of hydrogen-bond acceptors (Lipinski definition) is 7. The van der Waals surface area contributed by atoms with Gasteiger partial charge < -0.3 is 9.26 Å². The Kier molecular flexibility index (Phi) is 4.61. The Bertz CT molecular complexity index is 886. The van der Waals surface area contributed by atoms with Gasteiger partial charge >= 0.3 is 0 Å². The van der Waals surface area contributed by atoms with E-state index in [-0.39, 0.29) is 23.2 Å². The number of nitrogens with one attached hydrogen (secondary N) is 1. The summed E-state index contributed by atoms with van der Waals surface area (Å²) in [6, 6.07) is 7.06. The van der Waals surface area contributed by atoms with Gasteiger partial charge in [-0.15, -0.1) is 0 Å². The molecule has 8 nitrogen and oxygen atoms in total. The number of aromatic amines is 1. The van der Waals surface area contributed by atoms with Crippen molar-refractivity contribution < 1.29 is 17.7 Å². The van der Waals surface area contributed by atoms with Crippen LogP contribution in [0.4, 0.5) is 0 Å². The normalized spacial score (nSPS) is 11.5. The predicted octanol–water partition coefficient (Wildman–Crippen LogP) is 1.63. The van der Waals surface area contributed by atoms with E-state index in [0.717, 1.165) is 5.56 Å². The first-order valence-electron chi connectivity index (χ1n) is 7.21. The molecular formula is C15H16N4O4S. The zero-order chi connectivity index (χ0) is 17.0. The van der Waals surface area contributed by atoms with Gasteiger partial charge in [0.2, 0.25) is 0 Å². The third-order valence-corrected chi connectivity index (χ3v) is 4.93. The molecule has 3 aromatic rings. The molecule has 0 spiro atoms. The summed E-state index contributed by atoms with van der Waals surface area (Å²) in [6.07, 6.45) is 3.67. The molecule has 2 heterocycles. The van der Waals surface area contributed by atoms with Crippen molar-refractivity contribution in [3.05, 3.63) is 48.0 Å². The van der Waals surface area contributed by atoms with E-state index in [2.05, 4.69) is 20.3 Å². The summed E-state index contributed by atoms with van der Waals surface area (Å²) >= 11 is 0. The topological polar surface area (TPSA) is 111 Å². The second kappa shape index (κ2) is 6.83. The van der Waals surface area contributed by atoms with Gasteiger partial charge in [0.15, 0.2) is 15.7 Å². The molecule has 0 aliphatic carbocycles. The molecule has 1 aromatic carbocycles. The van der Waals surface area contributed by atoms with Crippen LogP contribution in [0, 0.1) is 0 Å². The maximum Gasteiger partial charge on any atom is 0.257 e. The molecule has 0 fully saturated rings. The van der Waals surface area contributed by atoms with Crippen molar-refractivity contribution >= 4 is 9.84 Å². The number of aromatic nitrogens is 4. The largest absolute Gasteiger partial charge is 0.497 e. The Hall–Kier alpha value is -2.68. The molecule has 0 unspecified atom stereocenters. The van der Waals surface area contributed by atoms with E-state index >= 15 is 0 Å². The molecule has 24 heavy (non-hydrogen) atoms. The third-order valence-electron chi connectivity index (χ3n) is 3.41. The molecule has 0 bridgehead atoms. The molecule has 1 N–H and O–H groups in total. The Morgan fingerprint density at radius 3 is 2.71 bits per heavy atom. The number of hydrogen-bond donors (Lipinski definition) is 1. The van der Waals surface area contributed by atoms with Crippen LogP contribution in [0.3, 0.4) is 0 Å². The third kappa shape index (κ3) is 3.99. The summed E-state index contributed by atoms with van der Waals surface area (Å²) in [6.45, 7) is 0. The van der Waals surface area contributed by atoms with Crippen molar-refractivity contribution in [2.75, 3.05) is 12.9 Å². The molecule has 2 aromatic heterocycles. The minimum Gasteiger partial charge on any atom is -0.497 e. The number of rotatable bonds is 7. The van der Waals surface area contributed by atoms with Crippen LogP contribution < -0.4 is 4.74 Å². The molecule has 0 aliphatic heterocycles. The summed E-state index contributed by atoms with van der Waals surface area (Å²) < 4.78 is 34.5. The van der Waals surface area contributed by atoms with Crippen LogP contribution in [0.1, 0.15) is 11.4 Å². The van der Waals surface area contributed by atoms with Crippen LogP contribution in [0.25, 0.3) is 11.5 Å². The monoisotopic (exact) mass is 348 g/mol. The molecule has 0 aliphatic rings. The lowest BCUT2D eigenvalue weighted by Crippen LogP contribution is -2.12. The van der Waals surface area contributed by atoms with E-state index in [4.69, 9.17) is 9.26 Å². The van der Waals surface area contributed by atoms with Crippen LogP contribution in [-0.2, 0) is 22.0 Å². The average Bonchev–Trinajstić information content (AvgIpc) is 3.24. The van der Waals surface area contributed by atoms with Gasteiger partial charge in [0, 0.05) is 11.8 Å². The van der Waals surface area contributed by atoms with Gasteiger partial charge in [-0.2, -0.15) is 10.1 Å². The second-order valence-corrected chi connectivity index (χ2v) is 7.38. The predicted molar refractivity (Wildman–Crippen MR) is 86.1 cm³/mol. The van der Waals surface area contributed by atoms with Crippen molar-refractivity contribution in [3.63, 3.8) is 0 Å². The molecule has 9 heteroatoms. The van der Waals surface area contributed by atoms with E-state index in [9.17, 15) is 8.42 Å². The maximum absolute atomic E-state index is 12.2. The highest BCUT2D eigenvalue weighted by atomic mass is 32.2. The zero-order valence-electron chi connectivity index (χ0n) is 13.0. The molecule has 0 radical (unpaired) electrons. The lowest BCUT2D eigenvalue weighted by Gasteiger charge is -2.00. The number of ether oxygens (including phenoxy) is 1. The second-order valence-electron chi connectivity index (χ2n) is 5.19. The number of sulfone groups is 1. The number of H-pyrrole nitrogens is 1. The Morgan fingerprint density at radius 1 is 1.25 bits per heavy atom. The minimum absolute atomic E-state index is 0.00105. The Labute approximate surface area is 138 Å². The summed E-state index contributed by atoms with van der Waals surface area (Å²) in [7, 11) is -1.76. The maximum atomic E-state index is 12.2. The minimum atomic E-state index is -3.34. The van der Waals surface area contributed by atoms with E-state index in [0.29, 0.717) is 17.7 Å². The van der Waals surface area contributed by atoms with E-state index in [1.165, 1.54) is 0 Å². The van der Waals surface area contributed by atoms with Crippen LogP contribution in [0.15, 0.2) is 41.2 Å². The summed E-state index contributed by atoms with van der Waals surface area (Å²) in [4.78, 5) is 4.15. The quantitative estimate of drug-likeness (QED) is 0.690. The van der Waals surface area contributed by atoms with Gasteiger partial charge in [0.25, 0.3) is 5.89 Å². The van der Waals surface area contributed by atoms with Crippen molar-refractivity contribution in [3.8, 4) is 17.2 Å². The van der Waals surface area contributed by atoms with Gasteiger partial charge in [-0.1, -0.05) is 5.16 Å². The molecule has 0 amide bonds. The number of benzene rings is 1. The highest BCUT2D eigenvalue weighted by molar-refractivity contribution is 7.90. The van der Waals surface area contributed by atoms with Crippen LogP contribution in [0.5, 0.6) is 5.75 Å². The number of nitrogens with zero attached hydrogens (tertiary/aromatic N) is 3. The van der Waals surface area contributed by atoms with E-state index < -0.39 is 9.84 Å².